The Hall–Kier alpha value is -2.86. The number of likely N-dealkylation sites (tertiary alicyclic amines) is 1. The maximum atomic E-state index is 10.4. The van der Waals surface area contributed by atoms with Crippen LogP contribution in [0.1, 0.15) is 18.4 Å². The van der Waals surface area contributed by atoms with E-state index in [0.29, 0.717) is 13.2 Å². The summed E-state index contributed by atoms with van der Waals surface area (Å²) < 4.78 is 12.0. The fourth-order valence-electron chi connectivity index (χ4n) is 4.46. The summed E-state index contributed by atoms with van der Waals surface area (Å²) in [5.41, 5.74) is 3.81. The zero-order valence-corrected chi connectivity index (χ0v) is 20.3. The van der Waals surface area contributed by atoms with Crippen molar-refractivity contribution in [2.75, 3.05) is 40.3 Å². The number of piperidine rings is 1. The van der Waals surface area contributed by atoms with E-state index in [1.807, 2.05) is 30.3 Å². The maximum Gasteiger partial charge on any atom is 0.119 e. The smallest absolute Gasteiger partial charge is 0.119 e. The van der Waals surface area contributed by atoms with Crippen LogP contribution in [0.3, 0.4) is 0 Å². The molecule has 1 atom stereocenters. The summed E-state index contributed by atoms with van der Waals surface area (Å²) in [5.74, 6) is 1.71. The Balaban J connectivity index is 1.23. The van der Waals surface area contributed by atoms with Crippen molar-refractivity contribution in [3.63, 3.8) is 0 Å². The van der Waals surface area contributed by atoms with Crippen molar-refractivity contribution in [1.29, 1.82) is 0 Å². The van der Waals surface area contributed by atoms with Gasteiger partial charge in [-0.3, -0.25) is 0 Å². The third kappa shape index (κ3) is 7.07. The average Bonchev–Trinajstić information content (AvgIpc) is 2.85. The first kappa shape index (κ1) is 24.3. The van der Waals surface area contributed by atoms with Crippen LogP contribution >= 0.6 is 0 Å². The van der Waals surface area contributed by atoms with Gasteiger partial charge < -0.3 is 24.4 Å². The highest BCUT2D eigenvalue weighted by Crippen LogP contribution is 2.27. The van der Waals surface area contributed by atoms with Gasteiger partial charge in [-0.05, 0) is 67.9 Å². The number of aliphatic hydroxyl groups is 1. The first-order valence-electron chi connectivity index (χ1n) is 12.1. The molecule has 0 radical (unpaired) electrons. The van der Waals surface area contributed by atoms with Crippen molar-refractivity contribution >= 4 is 0 Å². The normalized spacial score (nSPS) is 15.9. The van der Waals surface area contributed by atoms with E-state index in [1.54, 1.807) is 0 Å². The quantitative estimate of drug-likeness (QED) is 0.475. The lowest BCUT2D eigenvalue weighted by Gasteiger charge is -2.33. The zero-order valence-electron chi connectivity index (χ0n) is 20.3. The van der Waals surface area contributed by atoms with Crippen LogP contribution in [0.5, 0.6) is 11.5 Å². The van der Waals surface area contributed by atoms with Gasteiger partial charge in [-0.2, -0.15) is 0 Å². The highest BCUT2D eigenvalue weighted by molar-refractivity contribution is 5.68. The minimum absolute atomic E-state index is 0.209. The molecule has 0 bridgehead atoms. The molecule has 0 saturated carbocycles. The van der Waals surface area contributed by atoms with Crippen LogP contribution in [0.25, 0.3) is 11.1 Å². The van der Waals surface area contributed by atoms with E-state index >= 15 is 0 Å². The molecule has 34 heavy (non-hydrogen) atoms. The van der Waals surface area contributed by atoms with Gasteiger partial charge in [0.15, 0.2) is 0 Å². The number of para-hydroxylation sites is 1. The third-order valence-electron chi connectivity index (χ3n) is 6.16. The number of benzene rings is 3. The molecule has 3 aromatic rings. The van der Waals surface area contributed by atoms with Crippen molar-refractivity contribution in [3.8, 4) is 22.6 Å². The van der Waals surface area contributed by atoms with Crippen LogP contribution in [0.15, 0.2) is 78.9 Å². The van der Waals surface area contributed by atoms with Crippen LogP contribution in [0.4, 0.5) is 0 Å². The van der Waals surface area contributed by atoms with Gasteiger partial charge in [0.2, 0.25) is 0 Å². The van der Waals surface area contributed by atoms with E-state index in [1.165, 1.54) is 16.7 Å². The highest BCUT2D eigenvalue weighted by atomic mass is 16.5. The summed E-state index contributed by atoms with van der Waals surface area (Å²) in [7, 11) is 4.19. The van der Waals surface area contributed by atoms with Crippen molar-refractivity contribution in [2.24, 2.45) is 0 Å². The van der Waals surface area contributed by atoms with Crippen molar-refractivity contribution in [1.82, 2.24) is 9.80 Å². The Morgan fingerprint density at radius 3 is 2.26 bits per heavy atom. The second-order valence-corrected chi connectivity index (χ2v) is 9.32. The number of hydrogen-bond acceptors (Lipinski definition) is 5. The molecule has 5 nitrogen and oxygen atoms in total. The minimum atomic E-state index is -0.499. The summed E-state index contributed by atoms with van der Waals surface area (Å²) in [5, 5.41) is 10.4. The third-order valence-corrected chi connectivity index (χ3v) is 6.16. The molecule has 0 spiro atoms. The van der Waals surface area contributed by atoms with Crippen LogP contribution < -0.4 is 9.47 Å². The fourth-order valence-corrected chi connectivity index (χ4v) is 4.46. The molecule has 1 unspecified atom stereocenters. The summed E-state index contributed by atoms with van der Waals surface area (Å²) >= 11 is 0. The predicted octanol–water partition coefficient (Wildman–Crippen LogP) is 4.70. The van der Waals surface area contributed by atoms with Crippen LogP contribution in [-0.2, 0) is 6.54 Å². The summed E-state index contributed by atoms with van der Waals surface area (Å²) in [4.78, 5) is 4.49. The number of β-amino-alcohol motifs (C(OH)–C–C–N with tert-alkyl or cyclic N) is 1. The molecular formula is C29H36N2O3. The van der Waals surface area contributed by atoms with E-state index < -0.39 is 6.10 Å². The summed E-state index contributed by atoms with van der Waals surface area (Å²) in [6.45, 7) is 3.69. The van der Waals surface area contributed by atoms with Gasteiger partial charge in [-0.15, -0.1) is 0 Å². The van der Waals surface area contributed by atoms with Gasteiger partial charge in [0, 0.05) is 26.2 Å². The van der Waals surface area contributed by atoms with Gasteiger partial charge in [-0.25, -0.2) is 0 Å². The average molecular weight is 461 g/mol. The zero-order chi connectivity index (χ0) is 23.8. The monoisotopic (exact) mass is 460 g/mol. The van der Waals surface area contributed by atoms with E-state index in [2.05, 4.69) is 72.4 Å². The Bertz CT molecular complexity index is 999. The first-order chi connectivity index (χ1) is 16.6. The second kappa shape index (κ2) is 12.0. The molecule has 1 saturated heterocycles. The lowest BCUT2D eigenvalue weighted by molar-refractivity contribution is 0.0401. The molecule has 1 aliphatic rings. The van der Waals surface area contributed by atoms with Crippen molar-refractivity contribution in [3.05, 3.63) is 84.4 Å². The molecule has 0 amide bonds. The Kier molecular flexibility index (Phi) is 8.58. The van der Waals surface area contributed by atoms with Gasteiger partial charge in [0.1, 0.15) is 30.3 Å². The molecule has 5 heteroatoms. The first-order valence-corrected chi connectivity index (χ1v) is 12.1. The summed E-state index contributed by atoms with van der Waals surface area (Å²) in [6.07, 6.45) is 1.63. The topological polar surface area (TPSA) is 45.2 Å². The Morgan fingerprint density at radius 1 is 0.882 bits per heavy atom. The molecule has 1 heterocycles. The molecule has 180 valence electrons. The number of nitrogens with zero attached hydrogens (tertiary/aromatic N) is 2. The SMILES string of the molecule is CN(C)Cc1ccccc1-c1ccc(OC2CCN(CC(O)COc3ccccc3)CC2)cc1. The molecule has 3 aromatic carbocycles. The lowest BCUT2D eigenvalue weighted by Crippen LogP contribution is -2.43. The molecular weight excluding hydrogens is 424 g/mol. The van der Waals surface area contributed by atoms with E-state index in [-0.39, 0.29) is 6.10 Å². The second-order valence-electron chi connectivity index (χ2n) is 9.32. The summed E-state index contributed by atoms with van der Waals surface area (Å²) in [6, 6.07) is 26.7. The Morgan fingerprint density at radius 2 is 1.56 bits per heavy atom. The largest absolute Gasteiger partial charge is 0.491 e. The fraction of sp³-hybridized carbons (Fsp3) is 0.379. The maximum absolute atomic E-state index is 10.4. The van der Waals surface area contributed by atoms with Gasteiger partial charge in [0.05, 0.1) is 0 Å². The van der Waals surface area contributed by atoms with Crippen LogP contribution in [0, 0.1) is 0 Å². The molecule has 0 aromatic heterocycles. The van der Waals surface area contributed by atoms with Gasteiger partial charge in [-0.1, -0.05) is 54.6 Å². The van der Waals surface area contributed by atoms with Crippen LogP contribution in [-0.4, -0.2) is 67.5 Å². The van der Waals surface area contributed by atoms with E-state index in [9.17, 15) is 5.11 Å². The number of aliphatic hydroxyl groups excluding tert-OH is 1. The van der Waals surface area contributed by atoms with Crippen molar-refractivity contribution < 1.29 is 14.6 Å². The standard InChI is InChI=1S/C29H36N2O3/c1-30(2)20-24-8-6-7-11-29(24)23-12-14-27(15-13-23)34-28-16-18-31(19-17-28)21-25(32)22-33-26-9-4-3-5-10-26/h3-15,25,28,32H,16-22H2,1-2H3. The minimum Gasteiger partial charge on any atom is -0.491 e. The molecule has 4 rings (SSSR count). The Labute approximate surface area is 203 Å². The van der Waals surface area contributed by atoms with E-state index in [0.717, 1.165) is 44.0 Å². The number of rotatable bonds is 10. The number of hydrogen-bond donors (Lipinski definition) is 1. The van der Waals surface area contributed by atoms with E-state index in [4.69, 9.17) is 9.47 Å². The van der Waals surface area contributed by atoms with Gasteiger partial charge in [0.25, 0.3) is 0 Å². The molecule has 1 aliphatic heterocycles. The predicted molar refractivity (Wildman–Crippen MR) is 137 cm³/mol. The van der Waals surface area contributed by atoms with Crippen molar-refractivity contribution in [2.45, 2.75) is 31.6 Å². The lowest BCUT2D eigenvalue weighted by atomic mass is 9.99. The molecule has 0 aliphatic carbocycles. The highest BCUT2D eigenvalue weighted by Gasteiger charge is 2.22. The van der Waals surface area contributed by atoms with Gasteiger partial charge >= 0.3 is 0 Å². The molecule has 1 fully saturated rings. The van der Waals surface area contributed by atoms with Crippen LogP contribution in [0.2, 0.25) is 0 Å². The molecule has 1 N–H and O–H groups in total. The number of ether oxygens (including phenoxy) is 2.